The normalized spacial score (nSPS) is 28.1. The van der Waals surface area contributed by atoms with Gasteiger partial charge in [0.25, 0.3) is 5.91 Å². The standard InChI is InChI=1S/C20H28N2O3/c23-19-9-8-16-14-21(20(24)18-7-4-12-25-18)11-10-17(16)22(19)13-15-5-2-1-3-6-15/h4,7,12,15-17H,1-3,5-6,8-11,13-14H2/t16-,17+/m1/s1. The summed E-state index contributed by atoms with van der Waals surface area (Å²) in [6.07, 6.45) is 10.5. The molecule has 5 heteroatoms. The molecule has 3 fully saturated rings. The fraction of sp³-hybridized carbons (Fsp3) is 0.700. The lowest BCUT2D eigenvalue weighted by Gasteiger charge is -2.48. The molecule has 1 aromatic rings. The zero-order valence-corrected chi connectivity index (χ0v) is 14.9. The highest BCUT2D eigenvalue weighted by Gasteiger charge is 2.41. The summed E-state index contributed by atoms with van der Waals surface area (Å²) in [6.45, 7) is 2.40. The van der Waals surface area contributed by atoms with E-state index in [0.717, 1.165) is 32.5 Å². The maximum absolute atomic E-state index is 12.6. The lowest BCUT2D eigenvalue weighted by molar-refractivity contribution is -0.141. The maximum atomic E-state index is 12.6. The van der Waals surface area contributed by atoms with E-state index in [-0.39, 0.29) is 5.91 Å². The molecule has 136 valence electrons. The lowest BCUT2D eigenvalue weighted by Crippen LogP contribution is -2.57. The minimum absolute atomic E-state index is 0.0146. The smallest absolute Gasteiger partial charge is 0.289 e. The molecule has 0 aromatic carbocycles. The van der Waals surface area contributed by atoms with Gasteiger partial charge >= 0.3 is 0 Å². The first-order valence-corrected chi connectivity index (χ1v) is 9.84. The van der Waals surface area contributed by atoms with Crippen LogP contribution in [-0.2, 0) is 4.79 Å². The Morgan fingerprint density at radius 3 is 2.76 bits per heavy atom. The Bertz CT molecular complexity index is 606. The average molecular weight is 344 g/mol. The minimum atomic E-state index is -0.0146. The van der Waals surface area contributed by atoms with E-state index in [1.54, 1.807) is 18.4 Å². The topological polar surface area (TPSA) is 53.8 Å². The van der Waals surface area contributed by atoms with Crippen molar-refractivity contribution in [2.45, 2.75) is 57.4 Å². The Balaban J connectivity index is 1.41. The Kier molecular flexibility index (Phi) is 4.82. The van der Waals surface area contributed by atoms with Gasteiger partial charge in [-0.25, -0.2) is 0 Å². The van der Waals surface area contributed by atoms with Crippen molar-refractivity contribution >= 4 is 11.8 Å². The van der Waals surface area contributed by atoms with Gasteiger partial charge in [0.1, 0.15) is 0 Å². The molecule has 5 nitrogen and oxygen atoms in total. The van der Waals surface area contributed by atoms with Crippen LogP contribution in [0.25, 0.3) is 0 Å². The largest absolute Gasteiger partial charge is 0.459 e. The molecule has 2 aliphatic heterocycles. The van der Waals surface area contributed by atoms with Gasteiger partial charge in [0, 0.05) is 32.1 Å². The SMILES string of the molecule is O=C(c1ccco1)N1CC[C@H]2[C@H](CCC(=O)N2CC2CCCCC2)C1. The van der Waals surface area contributed by atoms with E-state index in [4.69, 9.17) is 4.42 Å². The quantitative estimate of drug-likeness (QED) is 0.845. The third-order valence-electron chi connectivity index (χ3n) is 6.34. The van der Waals surface area contributed by atoms with Gasteiger partial charge < -0.3 is 14.2 Å². The van der Waals surface area contributed by atoms with Crippen LogP contribution in [0.3, 0.4) is 0 Å². The highest BCUT2D eigenvalue weighted by molar-refractivity contribution is 5.91. The molecule has 3 heterocycles. The van der Waals surface area contributed by atoms with Gasteiger partial charge in [0.05, 0.1) is 6.26 Å². The molecule has 0 unspecified atom stereocenters. The Morgan fingerprint density at radius 2 is 2.00 bits per heavy atom. The Morgan fingerprint density at radius 1 is 1.16 bits per heavy atom. The van der Waals surface area contributed by atoms with Crippen LogP contribution >= 0.6 is 0 Å². The first-order valence-electron chi connectivity index (χ1n) is 9.84. The molecule has 2 amide bonds. The molecule has 0 bridgehead atoms. The van der Waals surface area contributed by atoms with Gasteiger partial charge in [-0.2, -0.15) is 0 Å². The second-order valence-corrected chi connectivity index (χ2v) is 7.93. The first-order chi connectivity index (χ1) is 12.2. The summed E-state index contributed by atoms with van der Waals surface area (Å²) in [7, 11) is 0. The van der Waals surface area contributed by atoms with Gasteiger partial charge in [-0.1, -0.05) is 19.3 Å². The van der Waals surface area contributed by atoms with Crippen molar-refractivity contribution in [2.24, 2.45) is 11.8 Å². The van der Waals surface area contributed by atoms with E-state index >= 15 is 0 Å². The van der Waals surface area contributed by atoms with Crippen LogP contribution in [0.2, 0.25) is 0 Å². The molecule has 4 rings (SSSR count). The monoisotopic (exact) mass is 344 g/mol. The molecule has 0 N–H and O–H groups in total. The molecule has 25 heavy (non-hydrogen) atoms. The number of nitrogens with zero attached hydrogens (tertiary/aromatic N) is 2. The van der Waals surface area contributed by atoms with Gasteiger partial charge in [-0.05, 0) is 49.7 Å². The fourth-order valence-corrected chi connectivity index (χ4v) is 4.98. The van der Waals surface area contributed by atoms with E-state index in [1.807, 2.05) is 4.90 Å². The molecular weight excluding hydrogens is 316 g/mol. The zero-order chi connectivity index (χ0) is 17.2. The van der Waals surface area contributed by atoms with Crippen molar-refractivity contribution in [2.75, 3.05) is 19.6 Å². The van der Waals surface area contributed by atoms with Crippen LogP contribution < -0.4 is 0 Å². The van der Waals surface area contributed by atoms with Gasteiger partial charge in [-0.3, -0.25) is 9.59 Å². The third kappa shape index (κ3) is 3.46. The summed E-state index contributed by atoms with van der Waals surface area (Å²) >= 11 is 0. The number of carbonyl (C=O) groups excluding carboxylic acids is 2. The highest BCUT2D eigenvalue weighted by atomic mass is 16.3. The number of fused-ring (bicyclic) bond motifs is 1. The van der Waals surface area contributed by atoms with E-state index in [0.29, 0.717) is 36.0 Å². The lowest BCUT2D eigenvalue weighted by atomic mass is 9.81. The summed E-state index contributed by atoms with van der Waals surface area (Å²) in [5.74, 6) is 1.83. The summed E-state index contributed by atoms with van der Waals surface area (Å²) in [5.41, 5.74) is 0. The molecular formula is C20H28N2O3. The van der Waals surface area contributed by atoms with Crippen molar-refractivity contribution in [3.8, 4) is 0 Å². The number of carbonyl (C=O) groups is 2. The van der Waals surface area contributed by atoms with Crippen molar-refractivity contribution in [3.05, 3.63) is 24.2 Å². The zero-order valence-electron chi connectivity index (χ0n) is 14.9. The summed E-state index contributed by atoms with van der Waals surface area (Å²) in [5, 5.41) is 0. The number of furan rings is 1. The first kappa shape index (κ1) is 16.7. The second-order valence-electron chi connectivity index (χ2n) is 7.93. The fourth-order valence-electron chi connectivity index (χ4n) is 4.98. The number of hydrogen-bond donors (Lipinski definition) is 0. The van der Waals surface area contributed by atoms with Gasteiger partial charge in [0.2, 0.25) is 5.91 Å². The number of likely N-dealkylation sites (tertiary alicyclic amines) is 2. The highest BCUT2D eigenvalue weighted by Crippen LogP contribution is 2.34. The second kappa shape index (κ2) is 7.22. The van der Waals surface area contributed by atoms with Gasteiger partial charge in [0.15, 0.2) is 5.76 Å². The minimum Gasteiger partial charge on any atom is -0.459 e. The van der Waals surface area contributed by atoms with Crippen molar-refractivity contribution < 1.29 is 14.0 Å². The van der Waals surface area contributed by atoms with Crippen LogP contribution in [0.15, 0.2) is 22.8 Å². The summed E-state index contributed by atoms with van der Waals surface area (Å²) in [6, 6.07) is 3.81. The average Bonchev–Trinajstić information content (AvgIpc) is 3.19. The van der Waals surface area contributed by atoms with Crippen LogP contribution in [-0.4, -0.2) is 47.3 Å². The van der Waals surface area contributed by atoms with E-state index < -0.39 is 0 Å². The van der Waals surface area contributed by atoms with E-state index in [1.165, 1.54) is 32.1 Å². The third-order valence-corrected chi connectivity index (χ3v) is 6.34. The molecule has 0 radical (unpaired) electrons. The molecule has 1 saturated carbocycles. The molecule has 2 saturated heterocycles. The molecule has 1 aromatic heterocycles. The molecule has 0 spiro atoms. The number of rotatable bonds is 3. The predicted molar refractivity (Wildman–Crippen MR) is 94.0 cm³/mol. The predicted octanol–water partition coefficient (Wildman–Crippen LogP) is 3.31. The van der Waals surface area contributed by atoms with Gasteiger partial charge in [-0.15, -0.1) is 0 Å². The van der Waals surface area contributed by atoms with Crippen LogP contribution in [0.5, 0.6) is 0 Å². The molecule has 3 aliphatic rings. The maximum Gasteiger partial charge on any atom is 0.289 e. The Hall–Kier alpha value is -1.78. The van der Waals surface area contributed by atoms with Crippen molar-refractivity contribution in [1.82, 2.24) is 9.80 Å². The van der Waals surface area contributed by atoms with E-state index in [9.17, 15) is 9.59 Å². The Labute approximate surface area is 149 Å². The number of piperidine rings is 2. The molecule has 1 aliphatic carbocycles. The van der Waals surface area contributed by atoms with Crippen LogP contribution in [0.4, 0.5) is 0 Å². The van der Waals surface area contributed by atoms with E-state index in [2.05, 4.69) is 4.90 Å². The number of hydrogen-bond acceptors (Lipinski definition) is 3. The summed E-state index contributed by atoms with van der Waals surface area (Å²) in [4.78, 5) is 29.2. The number of amides is 2. The summed E-state index contributed by atoms with van der Waals surface area (Å²) < 4.78 is 5.27. The van der Waals surface area contributed by atoms with Crippen LogP contribution in [0.1, 0.15) is 61.9 Å². The van der Waals surface area contributed by atoms with Crippen LogP contribution in [0, 0.1) is 11.8 Å². The van der Waals surface area contributed by atoms with Crippen molar-refractivity contribution in [3.63, 3.8) is 0 Å². The molecule has 2 atom stereocenters. The van der Waals surface area contributed by atoms with Crippen molar-refractivity contribution in [1.29, 1.82) is 0 Å².